The molecule has 0 spiro atoms. The molecule has 0 aromatic heterocycles. The number of carbonyl (C=O) groups excluding carboxylic acids is 2. The molecule has 188 valence electrons. The second-order valence-electron chi connectivity index (χ2n) is 8.51. The molecule has 0 aliphatic carbocycles. The summed E-state index contributed by atoms with van der Waals surface area (Å²) >= 11 is 12.5. The van der Waals surface area contributed by atoms with Crippen molar-refractivity contribution < 1.29 is 18.0 Å². The van der Waals surface area contributed by atoms with Crippen molar-refractivity contribution in [2.24, 2.45) is 0 Å². The van der Waals surface area contributed by atoms with Crippen molar-refractivity contribution in [1.82, 2.24) is 4.90 Å². The number of sulfonamides is 1. The van der Waals surface area contributed by atoms with Gasteiger partial charge in [-0.2, -0.15) is 0 Å². The van der Waals surface area contributed by atoms with Gasteiger partial charge in [-0.05, 0) is 62.2 Å². The topological polar surface area (TPSA) is 86.8 Å². The monoisotopic (exact) mass is 545 g/mol. The zero-order valence-corrected chi connectivity index (χ0v) is 21.9. The minimum Gasteiger partial charge on any atom is -0.339 e. The van der Waals surface area contributed by atoms with Crippen molar-refractivity contribution >= 4 is 56.4 Å². The number of aryl methyl sites for hydroxylation is 1. The van der Waals surface area contributed by atoms with E-state index in [9.17, 15) is 18.0 Å². The quantitative estimate of drug-likeness (QED) is 0.432. The summed E-state index contributed by atoms with van der Waals surface area (Å²) < 4.78 is 28.2. The lowest BCUT2D eigenvalue weighted by Gasteiger charge is -2.25. The average molecular weight is 546 g/mol. The highest BCUT2D eigenvalue weighted by Gasteiger charge is 2.30. The van der Waals surface area contributed by atoms with E-state index in [4.69, 9.17) is 23.2 Å². The number of rotatable bonds is 7. The fourth-order valence-corrected chi connectivity index (χ4v) is 5.87. The second-order valence-corrected chi connectivity index (χ2v) is 11.2. The van der Waals surface area contributed by atoms with E-state index in [1.165, 1.54) is 30.3 Å². The number of hydrogen-bond acceptors (Lipinski definition) is 4. The number of carbonyl (C=O) groups is 2. The first-order valence-electron chi connectivity index (χ1n) is 11.4. The van der Waals surface area contributed by atoms with Crippen LogP contribution in [-0.2, 0) is 14.8 Å². The minimum absolute atomic E-state index is 0.00144. The van der Waals surface area contributed by atoms with E-state index < -0.39 is 22.5 Å². The first-order valence-corrected chi connectivity index (χ1v) is 13.6. The van der Waals surface area contributed by atoms with Crippen molar-refractivity contribution in [3.63, 3.8) is 0 Å². The summed E-state index contributed by atoms with van der Waals surface area (Å²) in [5, 5.41) is 3.10. The smallest absolute Gasteiger partial charge is 0.264 e. The van der Waals surface area contributed by atoms with Crippen molar-refractivity contribution in [1.29, 1.82) is 0 Å². The third-order valence-corrected chi connectivity index (χ3v) is 8.23. The molecule has 4 rings (SSSR count). The van der Waals surface area contributed by atoms with Gasteiger partial charge in [0.15, 0.2) is 0 Å². The van der Waals surface area contributed by atoms with Gasteiger partial charge in [-0.25, -0.2) is 8.42 Å². The number of para-hydroxylation sites is 1. The molecular weight excluding hydrogens is 521 g/mol. The second kappa shape index (κ2) is 10.9. The van der Waals surface area contributed by atoms with Gasteiger partial charge < -0.3 is 10.2 Å². The third kappa shape index (κ3) is 5.67. The van der Waals surface area contributed by atoms with E-state index in [-0.39, 0.29) is 26.5 Å². The van der Waals surface area contributed by atoms with Crippen LogP contribution < -0.4 is 9.62 Å². The Labute approximate surface area is 220 Å². The van der Waals surface area contributed by atoms with Crippen LogP contribution in [0.4, 0.5) is 11.4 Å². The predicted molar refractivity (Wildman–Crippen MR) is 142 cm³/mol. The number of nitrogens with one attached hydrogen (secondary N) is 1. The standard InChI is InChI=1S/C26H25Cl2N3O4S/c1-18-8-11-20(12-9-18)36(34,35)31(24-16-19(27)10-13-22(24)28)17-25(32)29-23-7-3-2-6-21(23)26(33)30-14-4-5-15-30/h2-3,6-13,16H,4-5,14-15,17H2,1H3,(H,29,32). The molecule has 36 heavy (non-hydrogen) atoms. The van der Waals surface area contributed by atoms with Crippen LogP contribution in [-0.4, -0.2) is 44.8 Å². The van der Waals surface area contributed by atoms with Gasteiger partial charge in [0.1, 0.15) is 6.54 Å². The molecule has 7 nitrogen and oxygen atoms in total. The van der Waals surface area contributed by atoms with Crippen molar-refractivity contribution in [2.75, 3.05) is 29.3 Å². The zero-order chi connectivity index (χ0) is 25.9. The lowest BCUT2D eigenvalue weighted by atomic mass is 10.1. The van der Waals surface area contributed by atoms with Crippen LogP contribution in [0, 0.1) is 6.92 Å². The molecule has 0 radical (unpaired) electrons. The number of likely N-dealkylation sites (tertiary alicyclic amines) is 1. The minimum atomic E-state index is -4.18. The van der Waals surface area contributed by atoms with Gasteiger partial charge in [0, 0.05) is 18.1 Å². The van der Waals surface area contributed by atoms with Crippen molar-refractivity contribution in [2.45, 2.75) is 24.7 Å². The summed E-state index contributed by atoms with van der Waals surface area (Å²) in [6, 6.07) is 17.4. The van der Waals surface area contributed by atoms with Gasteiger partial charge in [-0.1, -0.05) is 53.0 Å². The normalized spacial score (nSPS) is 13.5. The van der Waals surface area contributed by atoms with Crippen LogP contribution in [0.15, 0.2) is 71.6 Å². The van der Waals surface area contributed by atoms with Gasteiger partial charge >= 0.3 is 0 Å². The summed E-state index contributed by atoms with van der Waals surface area (Å²) in [5.74, 6) is -0.811. The lowest BCUT2D eigenvalue weighted by molar-refractivity contribution is -0.114. The fraction of sp³-hybridized carbons (Fsp3) is 0.231. The highest BCUT2D eigenvalue weighted by atomic mass is 35.5. The Bertz CT molecular complexity index is 1390. The number of halogens is 2. The first-order chi connectivity index (χ1) is 17.2. The Kier molecular flexibility index (Phi) is 7.88. The summed E-state index contributed by atoms with van der Waals surface area (Å²) in [6.07, 6.45) is 1.87. The summed E-state index contributed by atoms with van der Waals surface area (Å²) in [4.78, 5) is 27.9. The summed E-state index contributed by atoms with van der Waals surface area (Å²) in [5.41, 5.74) is 1.62. The molecule has 0 unspecified atom stereocenters. The van der Waals surface area contributed by atoms with Gasteiger partial charge in [0.05, 0.1) is 26.9 Å². The molecule has 1 fully saturated rings. The van der Waals surface area contributed by atoms with E-state index in [0.29, 0.717) is 24.3 Å². The van der Waals surface area contributed by atoms with Crippen LogP contribution in [0.2, 0.25) is 10.0 Å². The van der Waals surface area contributed by atoms with Crippen LogP contribution in [0.25, 0.3) is 0 Å². The number of nitrogens with zero attached hydrogens (tertiary/aromatic N) is 2. The molecule has 1 saturated heterocycles. The van der Waals surface area contributed by atoms with Crippen molar-refractivity contribution in [3.8, 4) is 0 Å². The Balaban J connectivity index is 1.66. The molecule has 3 aromatic carbocycles. The van der Waals surface area contributed by atoms with Gasteiger partial charge in [-0.3, -0.25) is 13.9 Å². The molecule has 1 aliphatic rings. The fourth-order valence-electron chi connectivity index (χ4n) is 4.00. The Hall–Kier alpha value is -3.07. The third-order valence-electron chi connectivity index (χ3n) is 5.90. The molecule has 0 saturated carbocycles. The molecule has 0 bridgehead atoms. The lowest BCUT2D eigenvalue weighted by Crippen LogP contribution is -2.38. The number of anilines is 2. The average Bonchev–Trinajstić information content (AvgIpc) is 3.39. The molecular formula is C26H25Cl2N3O4S. The Morgan fingerprint density at radius 3 is 2.33 bits per heavy atom. The van der Waals surface area contributed by atoms with E-state index in [2.05, 4.69) is 5.32 Å². The molecule has 1 heterocycles. The molecule has 1 N–H and O–H groups in total. The maximum atomic E-state index is 13.6. The number of benzene rings is 3. The van der Waals surface area contributed by atoms with Gasteiger partial charge in [0.2, 0.25) is 5.91 Å². The molecule has 2 amide bonds. The maximum absolute atomic E-state index is 13.6. The van der Waals surface area contributed by atoms with Crippen molar-refractivity contribution in [3.05, 3.63) is 87.9 Å². The van der Waals surface area contributed by atoms with E-state index in [1.807, 2.05) is 6.92 Å². The zero-order valence-electron chi connectivity index (χ0n) is 19.6. The Morgan fingerprint density at radius 2 is 1.64 bits per heavy atom. The molecule has 0 atom stereocenters. The molecule has 10 heteroatoms. The van der Waals surface area contributed by atoms with Crippen LogP contribution in [0.5, 0.6) is 0 Å². The molecule has 3 aromatic rings. The highest BCUT2D eigenvalue weighted by molar-refractivity contribution is 7.92. The van der Waals surface area contributed by atoms with E-state index in [1.54, 1.807) is 41.3 Å². The van der Waals surface area contributed by atoms with Crippen LogP contribution >= 0.6 is 23.2 Å². The number of amides is 2. The number of hydrogen-bond donors (Lipinski definition) is 1. The molecule has 1 aliphatic heterocycles. The maximum Gasteiger partial charge on any atom is 0.264 e. The first kappa shape index (κ1) is 26.0. The van der Waals surface area contributed by atoms with Gasteiger partial charge in [0.25, 0.3) is 15.9 Å². The SMILES string of the molecule is Cc1ccc(S(=O)(=O)N(CC(=O)Nc2ccccc2C(=O)N2CCCC2)c2cc(Cl)ccc2Cl)cc1. The van der Waals surface area contributed by atoms with Crippen LogP contribution in [0.3, 0.4) is 0 Å². The predicted octanol–water partition coefficient (Wildman–Crippen LogP) is 5.37. The van der Waals surface area contributed by atoms with E-state index >= 15 is 0 Å². The largest absolute Gasteiger partial charge is 0.339 e. The summed E-state index contributed by atoms with van der Waals surface area (Å²) in [7, 11) is -4.18. The highest BCUT2D eigenvalue weighted by Crippen LogP contribution is 2.33. The summed E-state index contributed by atoms with van der Waals surface area (Å²) in [6.45, 7) is 2.59. The van der Waals surface area contributed by atoms with Gasteiger partial charge in [-0.15, -0.1) is 0 Å². The van der Waals surface area contributed by atoms with Crippen LogP contribution in [0.1, 0.15) is 28.8 Å². The van der Waals surface area contributed by atoms with E-state index in [0.717, 1.165) is 22.7 Å². The Morgan fingerprint density at radius 1 is 0.972 bits per heavy atom.